The van der Waals surface area contributed by atoms with Crippen LogP contribution in [0, 0.1) is 6.92 Å². The van der Waals surface area contributed by atoms with Crippen LogP contribution >= 0.6 is 23.1 Å². The Kier molecular flexibility index (Phi) is 8.85. The Hall–Kier alpha value is -3.88. The number of benzene rings is 3. The molecule has 1 aromatic heterocycles. The van der Waals surface area contributed by atoms with E-state index in [4.69, 9.17) is 14.5 Å². The van der Waals surface area contributed by atoms with E-state index in [0.717, 1.165) is 38.5 Å². The second-order valence-corrected chi connectivity index (χ2v) is 12.2. The lowest BCUT2D eigenvalue weighted by molar-refractivity contribution is -0.138. The van der Waals surface area contributed by atoms with Gasteiger partial charge in [0.2, 0.25) is 0 Å². The number of esters is 1. The van der Waals surface area contributed by atoms with Crippen molar-refractivity contribution in [2.45, 2.75) is 44.6 Å². The Balaban J connectivity index is 1.81. The Bertz CT molecular complexity index is 1840. The fraction of sp³-hybridized carbons (Fsp3) is 0.265. The molecule has 0 N–H and O–H groups in total. The number of carbonyl (C=O) groups is 1. The van der Waals surface area contributed by atoms with Crippen LogP contribution in [-0.4, -0.2) is 30.5 Å². The van der Waals surface area contributed by atoms with Gasteiger partial charge in [0, 0.05) is 10.5 Å². The van der Waals surface area contributed by atoms with Crippen molar-refractivity contribution in [2.24, 2.45) is 4.99 Å². The van der Waals surface area contributed by atoms with Crippen LogP contribution < -0.4 is 19.6 Å². The van der Waals surface area contributed by atoms with E-state index in [1.165, 1.54) is 11.3 Å². The average molecular weight is 599 g/mol. The quantitative estimate of drug-likeness (QED) is 0.181. The first kappa shape index (κ1) is 29.6. The summed E-state index contributed by atoms with van der Waals surface area (Å²) < 4.78 is 13.4. The van der Waals surface area contributed by atoms with Gasteiger partial charge in [-0.3, -0.25) is 9.36 Å². The molecule has 5 rings (SSSR count). The maximum Gasteiger partial charge on any atom is 0.338 e. The van der Waals surface area contributed by atoms with Gasteiger partial charge in [-0.05, 0) is 78.6 Å². The van der Waals surface area contributed by atoms with E-state index >= 15 is 0 Å². The first-order valence-electron chi connectivity index (χ1n) is 13.9. The van der Waals surface area contributed by atoms with Gasteiger partial charge in [-0.25, -0.2) is 9.79 Å². The minimum atomic E-state index is -0.697. The van der Waals surface area contributed by atoms with Gasteiger partial charge >= 0.3 is 5.97 Å². The normalized spacial score (nSPS) is 15.0. The predicted octanol–water partition coefficient (Wildman–Crippen LogP) is 6.10. The summed E-state index contributed by atoms with van der Waals surface area (Å²) in [6.45, 7) is 8.24. The number of aromatic nitrogens is 1. The third-order valence-electron chi connectivity index (χ3n) is 7.33. The number of fused-ring (bicyclic) bond motifs is 1. The number of hydrogen-bond donors (Lipinski definition) is 0. The summed E-state index contributed by atoms with van der Waals surface area (Å²) in [6, 6.07) is 21.0. The van der Waals surface area contributed by atoms with E-state index in [9.17, 15) is 9.59 Å². The standard InChI is InChI=1S/C34H34N2O4S2/c1-7-40-33(38)29-30(22-11-9-8-10-12-22)35-34-36(31(29)23-13-15-25(41-6)16-14-23)32(37)28(42-34)19-24-18-26(20(2)3)27(39-5)17-21(24)4/h8-20,31H,7H2,1-6H3/b28-19+/t31-/m0/s1. The van der Waals surface area contributed by atoms with Crippen molar-refractivity contribution < 1.29 is 14.3 Å². The lowest BCUT2D eigenvalue weighted by atomic mass is 9.93. The molecular weight excluding hydrogens is 565 g/mol. The molecule has 0 saturated heterocycles. The molecule has 0 bridgehead atoms. The second kappa shape index (κ2) is 12.5. The molecule has 42 heavy (non-hydrogen) atoms. The third kappa shape index (κ3) is 5.61. The molecule has 0 aliphatic carbocycles. The van der Waals surface area contributed by atoms with Gasteiger partial charge < -0.3 is 9.47 Å². The first-order valence-corrected chi connectivity index (χ1v) is 15.9. The predicted molar refractivity (Wildman–Crippen MR) is 171 cm³/mol. The molecule has 6 nitrogen and oxygen atoms in total. The zero-order valence-electron chi connectivity index (χ0n) is 24.6. The largest absolute Gasteiger partial charge is 0.496 e. The van der Waals surface area contributed by atoms with E-state index in [-0.39, 0.29) is 18.1 Å². The minimum Gasteiger partial charge on any atom is -0.496 e. The van der Waals surface area contributed by atoms with Crippen LogP contribution in [0.3, 0.4) is 0 Å². The summed E-state index contributed by atoms with van der Waals surface area (Å²) in [5.41, 5.74) is 5.29. The lowest BCUT2D eigenvalue weighted by Gasteiger charge is -2.26. The Morgan fingerprint density at radius 1 is 1.12 bits per heavy atom. The lowest BCUT2D eigenvalue weighted by Crippen LogP contribution is -2.40. The van der Waals surface area contributed by atoms with Crippen LogP contribution in [0.15, 0.2) is 87.0 Å². The van der Waals surface area contributed by atoms with Crippen molar-refractivity contribution in [1.29, 1.82) is 0 Å². The summed E-state index contributed by atoms with van der Waals surface area (Å²) >= 11 is 2.96. The smallest absolute Gasteiger partial charge is 0.338 e. The van der Waals surface area contributed by atoms with Crippen LogP contribution in [0.5, 0.6) is 5.75 Å². The Morgan fingerprint density at radius 3 is 2.45 bits per heavy atom. The van der Waals surface area contributed by atoms with Crippen molar-refractivity contribution in [3.8, 4) is 5.75 Å². The molecule has 0 unspecified atom stereocenters. The highest BCUT2D eigenvalue weighted by atomic mass is 32.2. The molecule has 3 aromatic carbocycles. The van der Waals surface area contributed by atoms with Gasteiger partial charge in [0.1, 0.15) is 5.75 Å². The summed E-state index contributed by atoms with van der Waals surface area (Å²) in [7, 11) is 1.68. The van der Waals surface area contributed by atoms with Gasteiger partial charge in [-0.1, -0.05) is 67.6 Å². The van der Waals surface area contributed by atoms with Crippen molar-refractivity contribution in [3.05, 3.63) is 120 Å². The van der Waals surface area contributed by atoms with Crippen molar-refractivity contribution in [3.63, 3.8) is 0 Å². The summed E-state index contributed by atoms with van der Waals surface area (Å²) in [6.07, 6.45) is 3.94. The summed E-state index contributed by atoms with van der Waals surface area (Å²) in [4.78, 5) is 34.4. The summed E-state index contributed by atoms with van der Waals surface area (Å²) in [5.74, 6) is 0.598. The van der Waals surface area contributed by atoms with Crippen molar-refractivity contribution in [1.82, 2.24) is 4.57 Å². The highest BCUT2D eigenvalue weighted by molar-refractivity contribution is 7.98. The van der Waals surface area contributed by atoms with Gasteiger partial charge in [0.25, 0.3) is 5.56 Å². The van der Waals surface area contributed by atoms with E-state index in [1.54, 1.807) is 30.4 Å². The molecule has 0 spiro atoms. The number of ether oxygens (including phenoxy) is 2. The molecule has 2 heterocycles. The van der Waals surface area contributed by atoms with Crippen LogP contribution in [0.4, 0.5) is 0 Å². The highest BCUT2D eigenvalue weighted by Crippen LogP contribution is 2.36. The Morgan fingerprint density at radius 2 is 1.83 bits per heavy atom. The second-order valence-electron chi connectivity index (χ2n) is 10.3. The third-order valence-corrected chi connectivity index (χ3v) is 9.06. The number of rotatable bonds is 8. The average Bonchev–Trinajstić information content (AvgIpc) is 3.31. The number of carbonyl (C=O) groups excluding carboxylic acids is 1. The SMILES string of the molecule is CCOC(=O)C1=C(c2ccccc2)N=c2s/c(=C/c3cc(C(C)C)c(OC)cc3C)c(=O)n2[C@H]1c1ccc(SC)cc1. The molecule has 4 aromatic rings. The molecule has 216 valence electrons. The number of methoxy groups -OCH3 is 1. The zero-order chi connectivity index (χ0) is 30.0. The minimum absolute atomic E-state index is 0.201. The van der Waals surface area contributed by atoms with Gasteiger partial charge in [-0.15, -0.1) is 11.8 Å². The first-order chi connectivity index (χ1) is 20.3. The number of thioether (sulfide) groups is 1. The summed E-state index contributed by atoms with van der Waals surface area (Å²) in [5, 5.41) is 0. The van der Waals surface area contributed by atoms with Crippen molar-refractivity contribution in [2.75, 3.05) is 20.0 Å². The van der Waals surface area contributed by atoms with Crippen LogP contribution in [0.25, 0.3) is 11.8 Å². The maximum absolute atomic E-state index is 14.2. The van der Waals surface area contributed by atoms with E-state index in [2.05, 4.69) is 19.9 Å². The topological polar surface area (TPSA) is 69.9 Å². The van der Waals surface area contributed by atoms with Crippen LogP contribution in [-0.2, 0) is 9.53 Å². The molecule has 1 aliphatic heterocycles. The van der Waals surface area contributed by atoms with E-state index in [1.807, 2.05) is 79.9 Å². The highest BCUT2D eigenvalue weighted by Gasteiger charge is 2.35. The zero-order valence-corrected chi connectivity index (χ0v) is 26.3. The number of hydrogen-bond acceptors (Lipinski definition) is 7. The van der Waals surface area contributed by atoms with E-state index < -0.39 is 12.0 Å². The fourth-order valence-corrected chi connectivity index (χ4v) is 6.58. The molecular formula is C34H34N2O4S2. The maximum atomic E-state index is 14.2. The Labute approximate surface area is 254 Å². The van der Waals surface area contributed by atoms with E-state index in [0.29, 0.717) is 20.6 Å². The monoisotopic (exact) mass is 598 g/mol. The van der Waals surface area contributed by atoms with Crippen LogP contribution in [0.2, 0.25) is 0 Å². The number of nitrogens with zero attached hydrogens (tertiary/aromatic N) is 2. The number of thiazole rings is 1. The molecule has 1 aliphatic rings. The molecule has 8 heteroatoms. The van der Waals surface area contributed by atoms with Gasteiger partial charge in [0.05, 0.1) is 35.6 Å². The van der Waals surface area contributed by atoms with Crippen LogP contribution in [0.1, 0.15) is 60.5 Å². The molecule has 0 radical (unpaired) electrons. The van der Waals surface area contributed by atoms with Gasteiger partial charge in [-0.2, -0.15) is 0 Å². The number of aryl methyl sites for hydroxylation is 1. The fourth-order valence-electron chi connectivity index (χ4n) is 5.18. The molecule has 0 amide bonds. The molecule has 0 fully saturated rings. The molecule has 1 atom stereocenters. The van der Waals surface area contributed by atoms with Gasteiger partial charge in [0.15, 0.2) is 4.80 Å². The van der Waals surface area contributed by atoms with Crippen molar-refractivity contribution >= 4 is 40.8 Å². The molecule has 0 saturated carbocycles.